The molecule has 3 nitrogen and oxygen atoms in total. The summed E-state index contributed by atoms with van der Waals surface area (Å²) in [6, 6.07) is 4.32. The topological polar surface area (TPSA) is 41.1 Å². The van der Waals surface area contributed by atoms with Crippen molar-refractivity contribution in [3.8, 4) is 0 Å². The summed E-state index contributed by atoms with van der Waals surface area (Å²) in [4.78, 5) is 13.1. The second-order valence-corrected chi connectivity index (χ2v) is 7.16. The molecule has 2 aromatic rings. The third kappa shape index (κ3) is 2.83. The Bertz CT molecular complexity index is 540. The van der Waals surface area contributed by atoms with Crippen molar-refractivity contribution in [1.82, 2.24) is 10.6 Å². The van der Waals surface area contributed by atoms with E-state index in [-0.39, 0.29) is 11.9 Å². The molecule has 2 unspecified atom stereocenters. The molecule has 1 saturated heterocycles. The summed E-state index contributed by atoms with van der Waals surface area (Å²) in [5.41, 5.74) is 0. The number of carbonyl (C=O) groups excluding carboxylic acids is 1. The monoisotopic (exact) mass is 294 g/mol. The van der Waals surface area contributed by atoms with Gasteiger partial charge >= 0.3 is 0 Å². The molecule has 1 fully saturated rings. The number of amides is 1. The summed E-state index contributed by atoms with van der Waals surface area (Å²) >= 11 is 3.28. The highest BCUT2D eigenvalue weighted by Gasteiger charge is 2.22. The lowest BCUT2D eigenvalue weighted by Crippen LogP contribution is -2.44. The van der Waals surface area contributed by atoms with Crippen LogP contribution in [-0.4, -0.2) is 25.0 Å². The molecule has 0 aromatic carbocycles. The molecule has 5 heteroatoms. The maximum atomic E-state index is 12.2. The summed E-state index contributed by atoms with van der Waals surface area (Å²) in [5.74, 6) is 0.630. The van der Waals surface area contributed by atoms with E-state index in [1.165, 1.54) is 22.2 Å². The average Bonchev–Trinajstić information content (AvgIpc) is 3.00. The zero-order valence-electron chi connectivity index (χ0n) is 10.9. The van der Waals surface area contributed by atoms with Gasteiger partial charge in [0, 0.05) is 15.4 Å². The molecule has 2 aromatic heterocycles. The molecular weight excluding hydrogens is 276 g/mol. The van der Waals surface area contributed by atoms with E-state index in [9.17, 15) is 4.79 Å². The summed E-state index contributed by atoms with van der Waals surface area (Å²) in [6.45, 7) is 4.24. The molecule has 1 amide bonds. The predicted molar refractivity (Wildman–Crippen MR) is 82.2 cm³/mol. The van der Waals surface area contributed by atoms with E-state index in [0.717, 1.165) is 18.0 Å². The number of nitrogens with one attached hydrogen (secondary N) is 2. The van der Waals surface area contributed by atoms with Crippen LogP contribution in [0.1, 0.15) is 29.4 Å². The molecule has 0 saturated carbocycles. The number of piperidine rings is 1. The van der Waals surface area contributed by atoms with Crippen molar-refractivity contribution in [2.24, 2.45) is 5.92 Å². The van der Waals surface area contributed by atoms with Gasteiger partial charge in [0.15, 0.2) is 0 Å². The third-order valence-corrected chi connectivity index (χ3v) is 5.86. The molecule has 3 heterocycles. The Hall–Kier alpha value is -0.910. The maximum absolute atomic E-state index is 12.2. The number of hydrogen-bond acceptors (Lipinski definition) is 4. The van der Waals surface area contributed by atoms with Gasteiger partial charge in [-0.05, 0) is 56.3 Å². The zero-order chi connectivity index (χ0) is 13.2. The standard InChI is InChI=1S/C14H18N2OS2/c1-9(10-3-2-5-15-8-10)16-14(17)13-7-12-11(19-13)4-6-18-12/h4,6-7,9-10,15H,2-3,5,8H2,1H3,(H,16,17). The van der Waals surface area contributed by atoms with Gasteiger partial charge in [-0.25, -0.2) is 0 Å². The molecule has 19 heavy (non-hydrogen) atoms. The fraction of sp³-hybridized carbons (Fsp3) is 0.500. The largest absolute Gasteiger partial charge is 0.349 e. The molecule has 0 bridgehead atoms. The van der Waals surface area contributed by atoms with E-state index in [1.54, 1.807) is 22.7 Å². The van der Waals surface area contributed by atoms with Gasteiger partial charge < -0.3 is 10.6 Å². The molecule has 0 radical (unpaired) electrons. The second kappa shape index (κ2) is 5.61. The second-order valence-electron chi connectivity index (χ2n) is 5.13. The third-order valence-electron chi connectivity index (χ3n) is 3.76. The minimum Gasteiger partial charge on any atom is -0.349 e. The van der Waals surface area contributed by atoms with Gasteiger partial charge in [0.1, 0.15) is 0 Å². The normalized spacial score (nSPS) is 21.4. The number of carbonyl (C=O) groups is 1. The Labute approximate surface area is 121 Å². The summed E-state index contributed by atoms with van der Waals surface area (Å²) < 4.78 is 2.42. The van der Waals surface area contributed by atoms with Crippen molar-refractivity contribution >= 4 is 38.0 Å². The van der Waals surface area contributed by atoms with Crippen LogP contribution in [0.2, 0.25) is 0 Å². The van der Waals surface area contributed by atoms with Gasteiger partial charge in [-0.1, -0.05) is 0 Å². The summed E-state index contributed by atoms with van der Waals surface area (Å²) in [6.07, 6.45) is 2.41. The van der Waals surface area contributed by atoms with Crippen LogP contribution < -0.4 is 10.6 Å². The van der Waals surface area contributed by atoms with E-state index < -0.39 is 0 Å². The molecule has 2 atom stereocenters. The van der Waals surface area contributed by atoms with Crippen LogP contribution in [0.5, 0.6) is 0 Å². The molecule has 1 aliphatic rings. The average molecular weight is 294 g/mol. The first-order valence-electron chi connectivity index (χ1n) is 6.72. The summed E-state index contributed by atoms with van der Waals surface area (Å²) in [7, 11) is 0. The van der Waals surface area contributed by atoms with E-state index in [1.807, 2.05) is 6.07 Å². The Morgan fingerprint density at radius 2 is 2.42 bits per heavy atom. The van der Waals surface area contributed by atoms with E-state index >= 15 is 0 Å². The number of hydrogen-bond donors (Lipinski definition) is 2. The van der Waals surface area contributed by atoms with Crippen molar-refractivity contribution in [2.75, 3.05) is 13.1 Å². The number of fused-ring (bicyclic) bond motifs is 1. The Kier molecular flexibility index (Phi) is 3.86. The van der Waals surface area contributed by atoms with E-state index in [0.29, 0.717) is 5.92 Å². The highest BCUT2D eigenvalue weighted by Crippen LogP contribution is 2.30. The van der Waals surface area contributed by atoms with Gasteiger partial charge in [-0.15, -0.1) is 22.7 Å². The first kappa shape index (κ1) is 13.1. The molecular formula is C14H18N2OS2. The van der Waals surface area contributed by atoms with Crippen LogP contribution in [0.15, 0.2) is 17.5 Å². The van der Waals surface area contributed by atoms with Crippen LogP contribution in [0.25, 0.3) is 9.40 Å². The van der Waals surface area contributed by atoms with Gasteiger partial charge in [0.05, 0.1) is 4.88 Å². The first-order chi connectivity index (χ1) is 9.24. The lowest BCUT2D eigenvalue weighted by molar-refractivity contribution is 0.0926. The molecule has 102 valence electrons. The fourth-order valence-corrected chi connectivity index (χ4v) is 4.59. The molecule has 0 spiro atoms. The quantitative estimate of drug-likeness (QED) is 0.913. The SMILES string of the molecule is CC(NC(=O)c1cc2sccc2s1)C1CCCNC1. The van der Waals surface area contributed by atoms with Crippen LogP contribution in [0.3, 0.4) is 0 Å². The minimum atomic E-state index is 0.0754. The van der Waals surface area contributed by atoms with Gasteiger partial charge in [0.2, 0.25) is 0 Å². The number of rotatable bonds is 3. The Morgan fingerprint density at radius 1 is 1.53 bits per heavy atom. The molecule has 1 aliphatic heterocycles. The van der Waals surface area contributed by atoms with Crippen molar-refractivity contribution in [1.29, 1.82) is 0 Å². The van der Waals surface area contributed by atoms with Crippen molar-refractivity contribution in [3.63, 3.8) is 0 Å². The molecule has 0 aliphatic carbocycles. The van der Waals surface area contributed by atoms with Crippen molar-refractivity contribution < 1.29 is 4.79 Å². The fourth-order valence-electron chi connectivity index (χ4n) is 2.58. The van der Waals surface area contributed by atoms with E-state index in [4.69, 9.17) is 0 Å². The molecule has 2 N–H and O–H groups in total. The summed E-state index contributed by atoms with van der Waals surface area (Å²) in [5, 5.41) is 8.62. The zero-order valence-corrected chi connectivity index (χ0v) is 12.6. The highest BCUT2D eigenvalue weighted by atomic mass is 32.1. The van der Waals surface area contributed by atoms with Gasteiger partial charge in [0.25, 0.3) is 5.91 Å². The van der Waals surface area contributed by atoms with Crippen molar-refractivity contribution in [3.05, 3.63) is 22.4 Å². The highest BCUT2D eigenvalue weighted by molar-refractivity contribution is 7.27. The lowest BCUT2D eigenvalue weighted by atomic mass is 9.93. The first-order valence-corrected chi connectivity index (χ1v) is 8.42. The van der Waals surface area contributed by atoms with Crippen LogP contribution >= 0.6 is 22.7 Å². The Morgan fingerprint density at radius 3 is 3.16 bits per heavy atom. The molecule has 3 rings (SSSR count). The number of thiophene rings is 2. The maximum Gasteiger partial charge on any atom is 0.261 e. The van der Waals surface area contributed by atoms with Crippen LogP contribution in [0, 0.1) is 5.92 Å². The lowest BCUT2D eigenvalue weighted by Gasteiger charge is -2.28. The van der Waals surface area contributed by atoms with Crippen LogP contribution in [-0.2, 0) is 0 Å². The minimum absolute atomic E-state index is 0.0754. The van der Waals surface area contributed by atoms with Crippen LogP contribution in [0.4, 0.5) is 0 Å². The van der Waals surface area contributed by atoms with Gasteiger partial charge in [-0.2, -0.15) is 0 Å². The Balaban J connectivity index is 1.65. The predicted octanol–water partition coefficient (Wildman–Crippen LogP) is 3.08. The van der Waals surface area contributed by atoms with E-state index in [2.05, 4.69) is 29.0 Å². The smallest absolute Gasteiger partial charge is 0.261 e. The van der Waals surface area contributed by atoms with Crippen molar-refractivity contribution in [2.45, 2.75) is 25.8 Å². The van der Waals surface area contributed by atoms with Gasteiger partial charge in [-0.3, -0.25) is 4.79 Å².